The molecule has 0 bridgehead atoms. The van der Waals surface area contributed by atoms with Crippen molar-refractivity contribution in [3.8, 4) is 5.75 Å². The Morgan fingerprint density at radius 3 is 2.55 bits per heavy atom. The van der Waals surface area contributed by atoms with Gasteiger partial charge in [0.25, 0.3) is 5.91 Å². The van der Waals surface area contributed by atoms with E-state index in [9.17, 15) is 9.00 Å². The predicted molar refractivity (Wildman–Crippen MR) is 86.5 cm³/mol. The second-order valence-corrected chi connectivity index (χ2v) is 6.30. The molecule has 6 heteroatoms. The smallest absolute Gasteiger partial charge is 0.257 e. The summed E-state index contributed by atoms with van der Waals surface area (Å²) < 4.78 is 19.7. The SMILES string of the molecule is O=C1C=C(c2ccc(OCc3cccc(Cl)c3)cc2)S(=O)N1. The molecule has 3 rings (SSSR count). The van der Waals surface area contributed by atoms with Crippen molar-refractivity contribution in [2.75, 3.05) is 0 Å². The maximum atomic E-state index is 11.7. The fourth-order valence-corrected chi connectivity index (χ4v) is 3.18. The van der Waals surface area contributed by atoms with Crippen LogP contribution in [0.4, 0.5) is 0 Å². The van der Waals surface area contributed by atoms with Gasteiger partial charge in [0, 0.05) is 11.1 Å². The molecule has 0 saturated heterocycles. The van der Waals surface area contributed by atoms with Gasteiger partial charge in [-0.25, -0.2) is 4.21 Å². The Kier molecular flexibility index (Phi) is 4.27. The van der Waals surface area contributed by atoms with E-state index in [0.29, 0.717) is 22.3 Å². The molecule has 112 valence electrons. The number of hydrogen-bond donors (Lipinski definition) is 1. The third-order valence-corrected chi connectivity index (χ3v) is 4.46. The summed E-state index contributed by atoms with van der Waals surface area (Å²) in [6, 6.07) is 14.6. The molecular weight excluding hydrogens is 322 g/mol. The van der Waals surface area contributed by atoms with E-state index < -0.39 is 11.0 Å². The van der Waals surface area contributed by atoms with Crippen LogP contribution < -0.4 is 9.46 Å². The second kappa shape index (κ2) is 6.34. The molecule has 1 aliphatic heterocycles. The minimum atomic E-state index is -1.48. The molecule has 1 amide bonds. The standard InChI is InChI=1S/C16H12ClNO3S/c17-13-3-1-2-11(8-13)10-21-14-6-4-12(5-7-14)15-9-16(19)18-22(15)20/h1-9H,10H2,(H,18,19). The highest BCUT2D eigenvalue weighted by Gasteiger charge is 2.20. The number of amides is 1. The van der Waals surface area contributed by atoms with E-state index >= 15 is 0 Å². The summed E-state index contributed by atoms with van der Waals surface area (Å²) in [6.45, 7) is 0.411. The zero-order valence-electron chi connectivity index (χ0n) is 11.4. The number of nitrogens with one attached hydrogen (secondary N) is 1. The minimum absolute atomic E-state index is 0.338. The van der Waals surface area contributed by atoms with E-state index in [4.69, 9.17) is 16.3 Å². The quantitative estimate of drug-likeness (QED) is 0.935. The van der Waals surface area contributed by atoms with E-state index in [1.54, 1.807) is 24.3 Å². The number of hydrogen-bond acceptors (Lipinski definition) is 3. The Balaban J connectivity index is 1.68. The van der Waals surface area contributed by atoms with Crippen molar-refractivity contribution >= 4 is 33.4 Å². The number of halogens is 1. The molecular formula is C16H12ClNO3S. The van der Waals surface area contributed by atoms with Crippen LogP contribution in [0.2, 0.25) is 5.02 Å². The van der Waals surface area contributed by atoms with Crippen molar-refractivity contribution in [1.29, 1.82) is 0 Å². The molecule has 4 nitrogen and oxygen atoms in total. The average molecular weight is 334 g/mol. The molecule has 2 aromatic carbocycles. The lowest BCUT2D eigenvalue weighted by molar-refractivity contribution is -0.114. The lowest BCUT2D eigenvalue weighted by Crippen LogP contribution is -2.16. The molecule has 0 fully saturated rings. The summed E-state index contributed by atoms with van der Waals surface area (Å²) in [7, 11) is -1.48. The Hall–Kier alpha value is -2.11. The summed E-state index contributed by atoms with van der Waals surface area (Å²) in [6.07, 6.45) is 1.35. The monoisotopic (exact) mass is 333 g/mol. The molecule has 0 aliphatic carbocycles. The van der Waals surface area contributed by atoms with Gasteiger partial charge in [0.2, 0.25) is 0 Å². The van der Waals surface area contributed by atoms with Crippen LogP contribution in [0.25, 0.3) is 4.91 Å². The summed E-state index contributed by atoms with van der Waals surface area (Å²) >= 11 is 5.92. The largest absolute Gasteiger partial charge is 0.489 e. The number of ether oxygens (including phenoxy) is 1. The summed E-state index contributed by atoms with van der Waals surface area (Å²) in [4.78, 5) is 11.7. The van der Waals surface area contributed by atoms with Gasteiger partial charge in [0.05, 0.1) is 4.91 Å². The average Bonchev–Trinajstić information content (AvgIpc) is 2.84. The number of carbonyl (C=O) groups excluding carboxylic acids is 1. The molecule has 0 radical (unpaired) electrons. The van der Waals surface area contributed by atoms with Gasteiger partial charge in [0.15, 0.2) is 11.0 Å². The van der Waals surface area contributed by atoms with Crippen LogP contribution in [0.5, 0.6) is 5.75 Å². The van der Waals surface area contributed by atoms with E-state index in [1.165, 1.54) is 6.08 Å². The Labute approximate surface area is 135 Å². The van der Waals surface area contributed by atoms with Crippen molar-refractivity contribution in [2.45, 2.75) is 6.61 Å². The van der Waals surface area contributed by atoms with Gasteiger partial charge < -0.3 is 4.74 Å². The molecule has 0 aromatic heterocycles. The molecule has 0 saturated carbocycles. The molecule has 1 N–H and O–H groups in total. The molecule has 1 aliphatic rings. The number of benzene rings is 2. The fourth-order valence-electron chi connectivity index (χ4n) is 2.05. The maximum Gasteiger partial charge on any atom is 0.257 e. The van der Waals surface area contributed by atoms with Crippen LogP contribution in [-0.2, 0) is 22.4 Å². The Morgan fingerprint density at radius 1 is 1.14 bits per heavy atom. The predicted octanol–water partition coefficient (Wildman–Crippen LogP) is 3.05. The van der Waals surface area contributed by atoms with Crippen LogP contribution >= 0.6 is 11.6 Å². The summed E-state index contributed by atoms with van der Waals surface area (Å²) in [5.74, 6) is 0.349. The zero-order chi connectivity index (χ0) is 15.5. The highest BCUT2D eigenvalue weighted by Crippen LogP contribution is 2.24. The van der Waals surface area contributed by atoms with E-state index in [2.05, 4.69) is 4.72 Å². The lowest BCUT2D eigenvalue weighted by atomic mass is 10.2. The first kappa shape index (κ1) is 14.8. The normalized spacial score (nSPS) is 17.0. The first-order chi connectivity index (χ1) is 10.6. The summed E-state index contributed by atoms with van der Waals surface area (Å²) in [5, 5.41) is 0.671. The molecule has 1 heterocycles. The number of rotatable bonds is 4. The second-order valence-electron chi connectivity index (χ2n) is 4.69. The van der Waals surface area contributed by atoms with Crippen molar-refractivity contribution in [1.82, 2.24) is 4.72 Å². The van der Waals surface area contributed by atoms with Crippen LogP contribution in [0.3, 0.4) is 0 Å². The van der Waals surface area contributed by atoms with E-state index in [1.807, 2.05) is 24.3 Å². The molecule has 1 unspecified atom stereocenters. The van der Waals surface area contributed by atoms with Gasteiger partial charge in [-0.05, 0) is 35.4 Å². The van der Waals surface area contributed by atoms with Gasteiger partial charge in [-0.1, -0.05) is 35.9 Å². The molecule has 2 aromatic rings. The third kappa shape index (κ3) is 3.37. The van der Waals surface area contributed by atoms with Crippen molar-refractivity contribution in [3.05, 3.63) is 70.8 Å². The van der Waals surface area contributed by atoms with E-state index in [0.717, 1.165) is 11.1 Å². The van der Waals surface area contributed by atoms with Gasteiger partial charge in [-0.15, -0.1) is 0 Å². The highest BCUT2D eigenvalue weighted by molar-refractivity contribution is 7.93. The van der Waals surface area contributed by atoms with E-state index in [-0.39, 0.29) is 5.91 Å². The van der Waals surface area contributed by atoms with Crippen LogP contribution in [-0.4, -0.2) is 10.1 Å². The van der Waals surface area contributed by atoms with Crippen LogP contribution in [0.15, 0.2) is 54.6 Å². The minimum Gasteiger partial charge on any atom is -0.489 e. The van der Waals surface area contributed by atoms with Gasteiger partial charge in [0.1, 0.15) is 12.4 Å². The number of carbonyl (C=O) groups is 1. The molecule has 0 spiro atoms. The van der Waals surface area contributed by atoms with Crippen molar-refractivity contribution in [3.63, 3.8) is 0 Å². The van der Waals surface area contributed by atoms with Crippen LogP contribution in [0, 0.1) is 0 Å². The Morgan fingerprint density at radius 2 is 1.91 bits per heavy atom. The maximum absolute atomic E-state index is 11.7. The molecule has 1 atom stereocenters. The first-order valence-electron chi connectivity index (χ1n) is 6.53. The first-order valence-corrected chi connectivity index (χ1v) is 8.06. The van der Waals surface area contributed by atoms with Gasteiger partial charge in [-0.3, -0.25) is 9.52 Å². The van der Waals surface area contributed by atoms with Crippen molar-refractivity contribution < 1.29 is 13.7 Å². The fraction of sp³-hybridized carbons (Fsp3) is 0.0625. The van der Waals surface area contributed by atoms with Crippen molar-refractivity contribution in [2.24, 2.45) is 0 Å². The highest BCUT2D eigenvalue weighted by atomic mass is 35.5. The zero-order valence-corrected chi connectivity index (χ0v) is 13.0. The van der Waals surface area contributed by atoms with Gasteiger partial charge >= 0.3 is 0 Å². The third-order valence-electron chi connectivity index (χ3n) is 3.09. The lowest BCUT2D eigenvalue weighted by Gasteiger charge is -2.08. The summed E-state index contributed by atoms with van der Waals surface area (Å²) in [5.41, 5.74) is 1.71. The topological polar surface area (TPSA) is 55.4 Å². The van der Waals surface area contributed by atoms with Crippen LogP contribution in [0.1, 0.15) is 11.1 Å². The van der Waals surface area contributed by atoms with Gasteiger partial charge in [-0.2, -0.15) is 0 Å². The Bertz CT molecular complexity index is 771. The molecule has 22 heavy (non-hydrogen) atoms.